The van der Waals surface area contributed by atoms with Crippen molar-refractivity contribution in [1.29, 1.82) is 0 Å². The van der Waals surface area contributed by atoms with Crippen LogP contribution in [0.15, 0.2) is 47.4 Å². The Bertz CT molecular complexity index is 970. The summed E-state index contributed by atoms with van der Waals surface area (Å²) in [6.07, 6.45) is 2.94. The van der Waals surface area contributed by atoms with Gasteiger partial charge >= 0.3 is 6.03 Å². The van der Waals surface area contributed by atoms with E-state index >= 15 is 0 Å². The van der Waals surface area contributed by atoms with E-state index in [9.17, 15) is 13.2 Å². The van der Waals surface area contributed by atoms with Crippen molar-refractivity contribution < 1.29 is 13.2 Å². The Kier molecular flexibility index (Phi) is 4.55. The second kappa shape index (κ2) is 6.88. The first-order valence-corrected chi connectivity index (χ1v) is 10.7. The van der Waals surface area contributed by atoms with Crippen LogP contribution in [0.1, 0.15) is 35.6 Å². The van der Waals surface area contributed by atoms with Crippen LogP contribution in [-0.4, -0.2) is 27.5 Å². The second-order valence-electron chi connectivity index (χ2n) is 7.18. The van der Waals surface area contributed by atoms with Gasteiger partial charge in [0.25, 0.3) is 10.0 Å². The number of nitrogens with one attached hydrogen (secondary N) is 2. The van der Waals surface area contributed by atoms with E-state index in [0.717, 1.165) is 43.5 Å². The third-order valence-corrected chi connectivity index (χ3v) is 6.61. The Labute approximate surface area is 159 Å². The van der Waals surface area contributed by atoms with Gasteiger partial charge in [-0.05, 0) is 49.4 Å². The molecule has 1 atom stereocenters. The average Bonchev–Trinajstić information content (AvgIpc) is 2.64. The van der Waals surface area contributed by atoms with E-state index in [4.69, 9.17) is 0 Å². The minimum atomic E-state index is -3.89. The average molecular weight is 385 g/mol. The zero-order valence-electron chi connectivity index (χ0n) is 15.2. The number of nitrogens with zero attached hydrogens (tertiary/aromatic N) is 1. The van der Waals surface area contributed by atoms with Crippen molar-refractivity contribution in [3.63, 3.8) is 0 Å². The topological polar surface area (TPSA) is 78.5 Å². The molecule has 142 valence electrons. The monoisotopic (exact) mass is 385 g/mol. The van der Waals surface area contributed by atoms with Crippen molar-refractivity contribution in [2.45, 2.75) is 37.1 Å². The standard InChI is InChI=1S/C20H23N3O3S/c1-14-7-9-16(10-8-14)27(25,26)22-20(24)21-18-11-13-23-12-3-5-15-4-2-6-17(18)19(15)23/h2,4,6-10,18H,3,5,11-13H2,1H3,(H2,21,22,24). The van der Waals surface area contributed by atoms with E-state index in [2.05, 4.69) is 21.0 Å². The number of para-hydroxylation sites is 1. The number of urea groups is 1. The summed E-state index contributed by atoms with van der Waals surface area (Å²) in [5.41, 5.74) is 4.54. The van der Waals surface area contributed by atoms with Crippen LogP contribution in [0, 0.1) is 6.92 Å². The summed E-state index contributed by atoms with van der Waals surface area (Å²) >= 11 is 0. The smallest absolute Gasteiger partial charge is 0.329 e. The molecule has 0 saturated carbocycles. The van der Waals surface area contributed by atoms with Crippen LogP contribution in [0.3, 0.4) is 0 Å². The van der Waals surface area contributed by atoms with E-state index in [0.29, 0.717) is 0 Å². The number of carbonyl (C=O) groups is 1. The van der Waals surface area contributed by atoms with Crippen LogP contribution in [-0.2, 0) is 16.4 Å². The molecule has 0 spiro atoms. The summed E-state index contributed by atoms with van der Waals surface area (Å²) in [4.78, 5) is 14.9. The molecule has 2 N–H and O–H groups in total. The lowest BCUT2D eigenvalue weighted by molar-refractivity contribution is 0.241. The van der Waals surface area contributed by atoms with Crippen molar-refractivity contribution in [3.8, 4) is 0 Å². The third-order valence-electron chi connectivity index (χ3n) is 5.27. The molecule has 0 saturated heterocycles. The SMILES string of the molecule is Cc1ccc(S(=O)(=O)NC(=O)NC2CCN3CCCc4cccc2c43)cc1. The number of benzene rings is 2. The van der Waals surface area contributed by atoms with Crippen LogP contribution in [0.4, 0.5) is 10.5 Å². The molecule has 2 aromatic rings. The van der Waals surface area contributed by atoms with Crippen LogP contribution < -0.4 is 14.9 Å². The maximum absolute atomic E-state index is 12.4. The fourth-order valence-corrected chi connectivity index (χ4v) is 4.87. The summed E-state index contributed by atoms with van der Waals surface area (Å²) in [6, 6.07) is 11.7. The predicted molar refractivity (Wildman–Crippen MR) is 104 cm³/mol. The van der Waals surface area contributed by atoms with Gasteiger partial charge in [-0.1, -0.05) is 35.9 Å². The quantitative estimate of drug-likeness (QED) is 0.852. The Morgan fingerprint density at radius 2 is 1.89 bits per heavy atom. The number of amides is 2. The van der Waals surface area contributed by atoms with Gasteiger partial charge in [-0.3, -0.25) is 0 Å². The molecule has 0 aliphatic carbocycles. The maximum Gasteiger partial charge on any atom is 0.329 e. The summed E-state index contributed by atoms with van der Waals surface area (Å²) in [5.74, 6) is 0. The highest BCUT2D eigenvalue weighted by Gasteiger charge is 2.30. The number of rotatable bonds is 3. The van der Waals surface area contributed by atoms with Gasteiger partial charge < -0.3 is 10.2 Å². The Hall–Kier alpha value is -2.54. The first kappa shape index (κ1) is 17.9. The molecule has 2 aromatic carbocycles. The molecule has 4 rings (SSSR count). The lowest BCUT2D eigenvalue weighted by Gasteiger charge is -2.40. The van der Waals surface area contributed by atoms with Crippen molar-refractivity contribution in [1.82, 2.24) is 10.0 Å². The molecule has 2 aliphatic heterocycles. The highest BCUT2D eigenvalue weighted by molar-refractivity contribution is 7.90. The zero-order valence-corrected chi connectivity index (χ0v) is 16.1. The highest BCUT2D eigenvalue weighted by Crippen LogP contribution is 2.39. The summed E-state index contributed by atoms with van der Waals surface area (Å²) in [5, 5.41) is 2.85. The van der Waals surface area contributed by atoms with Crippen LogP contribution in [0.5, 0.6) is 0 Å². The third kappa shape index (κ3) is 3.51. The van der Waals surface area contributed by atoms with E-state index < -0.39 is 16.1 Å². The van der Waals surface area contributed by atoms with Crippen molar-refractivity contribution in [2.75, 3.05) is 18.0 Å². The summed E-state index contributed by atoms with van der Waals surface area (Å²) in [6.45, 7) is 3.77. The van der Waals surface area contributed by atoms with Crippen molar-refractivity contribution in [3.05, 3.63) is 59.2 Å². The number of aryl methyl sites for hydroxylation is 2. The molecule has 1 unspecified atom stereocenters. The normalized spacial score (nSPS) is 18.6. The maximum atomic E-state index is 12.4. The van der Waals surface area contributed by atoms with Gasteiger partial charge in [0.2, 0.25) is 0 Å². The van der Waals surface area contributed by atoms with Crippen LogP contribution >= 0.6 is 0 Å². The van der Waals surface area contributed by atoms with E-state index in [-0.39, 0.29) is 10.9 Å². The summed E-state index contributed by atoms with van der Waals surface area (Å²) < 4.78 is 27.0. The number of hydrogen-bond acceptors (Lipinski definition) is 4. The molecular formula is C20H23N3O3S. The molecule has 2 heterocycles. The zero-order chi connectivity index (χ0) is 19.0. The molecule has 0 radical (unpaired) electrons. The largest absolute Gasteiger partial charge is 0.371 e. The van der Waals surface area contributed by atoms with Gasteiger partial charge in [-0.25, -0.2) is 17.9 Å². The molecule has 2 amide bonds. The van der Waals surface area contributed by atoms with E-state index in [1.165, 1.54) is 23.4 Å². The van der Waals surface area contributed by atoms with E-state index in [1.54, 1.807) is 12.1 Å². The molecule has 0 fully saturated rings. The van der Waals surface area contributed by atoms with Gasteiger partial charge in [-0.15, -0.1) is 0 Å². The first-order chi connectivity index (χ1) is 12.9. The molecule has 2 aliphatic rings. The van der Waals surface area contributed by atoms with Gasteiger partial charge in [0.05, 0.1) is 10.9 Å². The Morgan fingerprint density at radius 1 is 1.11 bits per heavy atom. The van der Waals surface area contributed by atoms with Gasteiger partial charge in [0, 0.05) is 18.8 Å². The van der Waals surface area contributed by atoms with Crippen LogP contribution in [0.2, 0.25) is 0 Å². The number of sulfonamides is 1. The van der Waals surface area contributed by atoms with Crippen LogP contribution in [0.25, 0.3) is 0 Å². The molecule has 0 bridgehead atoms. The fourth-order valence-electron chi connectivity index (χ4n) is 3.95. The molecule has 27 heavy (non-hydrogen) atoms. The Balaban J connectivity index is 1.51. The van der Waals surface area contributed by atoms with Gasteiger partial charge in [0.1, 0.15) is 0 Å². The molecule has 0 aromatic heterocycles. The highest BCUT2D eigenvalue weighted by atomic mass is 32.2. The second-order valence-corrected chi connectivity index (χ2v) is 8.86. The van der Waals surface area contributed by atoms with Gasteiger partial charge in [-0.2, -0.15) is 0 Å². The van der Waals surface area contributed by atoms with Gasteiger partial charge in [0.15, 0.2) is 0 Å². The fraction of sp³-hybridized carbons (Fsp3) is 0.350. The summed E-state index contributed by atoms with van der Waals surface area (Å²) in [7, 11) is -3.89. The predicted octanol–water partition coefficient (Wildman–Crippen LogP) is 2.88. The first-order valence-electron chi connectivity index (χ1n) is 9.21. The molecule has 6 nitrogen and oxygen atoms in total. The lowest BCUT2D eigenvalue weighted by atomic mass is 9.89. The van der Waals surface area contributed by atoms with Crippen molar-refractivity contribution in [2.24, 2.45) is 0 Å². The minimum Gasteiger partial charge on any atom is -0.371 e. The lowest BCUT2D eigenvalue weighted by Crippen LogP contribution is -2.45. The molecule has 7 heteroatoms. The number of carbonyl (C=O) groups excluding carboxylic acids is 1. The molecular weight excluding hydrogens is 362 g/mol. The number of anilines is 1. The minimum absolute atomic E-state index is 0.0789. The van der Waals surface area contributed by atoms with Crippen molar-refractivity contribution >= 4 is 21.7 Å². The Morgan fingerprint density at radius 3 is 2.67 bits per heavy atom. The number of hydrogen-bond donors (Lipinski definition) is 2. The van der Waals surface area contributed by atoms with E-state index in [1.807, 2.05) is 19.1 Å².